The first kappa shape index (κ1) is 23.8. The minimum Gasteiger partial charge on any atom is -0.497 e. The molecule has 0 aliphatic heterocycles. The number of nitrogens with one attached hydrogen (secondary N) is 2. The van der Waals surface area contributed by atoms with Crippen molar-refractivity contribution in [3.05, 3.63) is 63.4 Å². The van der Waals surface area contributed by atoms with Gasteiger partial charge in [-0.25, -0.2) is 0 Å². The van der Waals surface area contributed by atoms with Gasteiger partial charge in [0.1, 0.15) is 5.75 Å². The summed E-state index contributed by atoms with van der Waals surface area (Å²) >= 11 is 4.78. The largest absolute Gasteiger partial charge is 0.497 e. The van der Waals surface area contributed by atoms with Gasteiger partial charge in [-0.15, -0.1) is 10.2 Å². The summed E-state index contributed by atoms with van der Waals surface area (Å²) in [7, 11) is 3.38. The topological polar surface area (TPSA) is 98.1 Å². The molecule has 1 heterocycles. The molecule has 2 aromatic carbocycles. The summed E-state index contributed by atoms with van der Waals surface area (Å²) in [5, 5.41) is 14.6. The van der Waals surface area contributed by atoms with Gasteiger partial charge in [0.25, 0.3) is 5.91 Å². The number of anilines is 1. The van der Waals surface area contributed by atoms with E-state index in [1.165, 1.54) is 11.8 Å². The summed E-state index contributed by atoms with van der Waals surface area (Å²) in [6.45, 7) is 4.19. The average Bonchev–Trinajstić information content (AvgIpc) is 3.15. The summed E-state index contributed by atoms with van der Waals surface area (Å²) < 4.78 is 7.87. The maximum absolute atomic E-state index is 12.4. The molecule has 8 nitrogen and oxygen atoms in total. The van der Waals surface area contributed by atoms with Crippen LogP contribution in [0.2, 0.25) is 0 Å². The Labute approximate surface area is 199 Å². The van der Waals surface area contributed by atoms with E-state index in [0.717, 1.165) is 21.3 Å². The van der Waals surface area contributed by atoms with Crippen LogP contribution >= 0.6 is 27.7 Å². The standard InChI is InChI=1S/C22H24BrN5O3S/c1-13-14(2)18(10-9-17(13)23)25-20(29)12-32-22-27-26-19(28(22)3)11-24-21(30)15-5-7-16(31-4)8-6-15/h5-10H,11-12H2,1-4H3,(H,24,30)(H,25,29). The number of hydrogen-bond donors (Lipinski definition) is 2. The molecule has 1 aromatic heterocycles. The van der Waals surface area contributed by atoms with Gasteiger partial charge in [0.15, 0.2) is 11.0 Å². The predicted octanol–water partition coefficient (Wildman–Crippen LogP) is 3.86. The molecule has 0 bridgehead atoms. The number of thioether (sulfide) groups is 1. The highest BCUT2D eigenvalue weighted by molar-refractivity contribution is 9.10. The smallest absolute Gasteiger partial charge is 0.251 e. The lowest BCUT2D eigenvalue weighted by Gasteiger charge is -2.11. The molecule has 0 spiro atoms. The van der Waals surface area contributed by atoms with Crippen molar-refractivity contribution in [3.8, 4) is 5.75 Å². The van der Waals surface area contributed by atoms with E-state index < -0.39 is 0 Å². The van der Waals surface area contributed by atoms with Crippen LogP contribution in [0.5, 0.6) is 5.75 Å². The van der Waals surface area contributed by atoms with Crippen molar-refractivity contribution in [1.29, 1.82) is 0 Å². The third kappa shape index (κ3) is 5.68. The number of ether oxygens (including phenoxy) is 1. The third-order valence-corrected chi connectivity index (χ3v) is 6.89. The molecule has 0 saturated carbocycles. The van der Waals surface area contributed by atoms with Gasteiger partial charge in [0, 0.05) is 22.8 Å². The van der Waals surface area contributed by atoms with Gasteiger partial charge in [0.2, 0.25) is 5.91 Å². The van der Waals surface area contributed by atoms with E-state index in [0.29, 0.717) is 22.3 Å². The molecular weight excluding hydrogens is 494 g/mol. The number of nitrogens with zero attached hydrogens (tertiary/aromatic N) is 3. The fourth-order valence-electron chi connectivity index (χ4n) is 2.87. The number of hydrogen-bond acceptors (Lipinski definition) is 6. The minimum atomic E-state index is -0.218. The van der Waals surface area contributed by atoms with Gasteiger partial charge in [-0.05, 0) is 61.4 Å². The highest BCUT2D eigenvalue weighted by Crippen LogP contribution is 2.26. The molecule has 2 N–H and O–H groups in total. The van der Waals surface area contributed by atoms with Crippen LogP contribution in [0.1, 0.15) is 27.3 Å². The summed E-state index contributed by atoms with van der Waals surface area (Å²) in [5.41, 5.74) is 3.42. The van der Waals surface area contributed by atoms with Crippen molar-refractivity contribution in [2.45, 2.75) is 25.5 Å². The zero-order chi connectivity index (χ0) is 23.3. The van der Waals surface area contributed by atoms with Gasteiger partial charge >= 0.3 is 0 Å². The van der Waals surface area contributed by atoms with E-state index in [-0.39, 0.29) is 24.1 Å². The van der Waals surface area contributed by atoms with Crippen LogP contribution in [0.3, 0.4) is 0 Å². The molecule has 2 amide bonds. The number of methoxy groups -OCH3 is 1. The molecule has 0 radical (unpaired) electrons. The van der Waals surface area contributed by atoms with Crippen LogP contribution < -0.4 is 15.4 Å². The van der Waals surface area contributed by atoms with Crippen LogP contribution in [0.15, 0.2) is 46.0 Å². The van der Waals surface area contributed by atoms with Gasteiger partial charge in [-0.1, -0.05) is 27.7 Å². The van der Waals surface area contributed by atoms with Crippen LogP contribution in [0.4, 0.5) is 5.69 Å². The van der Waals surface area contributed by atoms with Crippen molar-refractivity contribution in [2.75, 3.05) is 18.2 Å². The normalized spacial score (nSPS) is 10.7. The van der Waals surface area contributed by atoms with Crippen molar-refractivity contribution in [1.82, 2.24) is 20.1 Å². The van der Waals surface area contributed by atoms with Crippen LogP contribution in [-0.4, -0.2) is 39.4 Å². The highest BCUT2D eigenvalue weighted by atomic mass is 79.9. The number of amides is 2. The number of rotatable bonds is 8. The number of carbonyl (C=O) groups excluding carboxylic acids is 2. The second-order valence-electron chi connectivity index (χ2n) is 7.05. The van der Waals surface area contributed by atoms with E-state index in [1.807, 2.05) is 26.0 Å². The van der Waals surface area contributed by atoms with E-state index in [2.05, 4.69) is 36.8 Å². The molecule has 32 heavy (non-hydrogen) atoms. The first-order valence-corrected chi connectivity index (χ1v) is 11.6. The summed E-state index contributed by atoms with van der Waals surface area (Å²) in [4.78, 5) is 24.7. The molecule has 0 fully saturated rings. The summed E-state index contributed by atoms with van der Waals surface area (Å²) in [6, 6.07) is 10.6. The average molecular weight is 518 g/mol. The Bertz CT molecular complexity index is 1130. The van der Waals surface area contributed by atoms with Crippen LogP contribution in [0.25, 0.3) is 0 Å². The molecule has 168 valence electrons. The SMILES string of the molecule is COc1ccc(C(=O)NCc2nnc(SCC(=O)Nc3ccc(Br)c(C)c3C)n2C)cc1. The number of carbonyl (C=O) groups is 2. The summed E-state index contributed by atoms with van der Waals surface area (Å²) in [5.74, 6) is 1.13. The Hall–Kier alpha value is -2.85. The quantitative estimate of drug-likeness (QED) is 0.440. The Balaban J connectivity index is 1.53. The fourth-order valence-corrected chi connectivity index (χ4v) is 4.03. The van der Waals surface area contributed by atoms with Crippen molar-refractivity contribution >= 4 is 45.2 Å². The maximum Gasteiger partial charge on any atom is 0.251 e. The Morgan fingerprint density at radius 3 is 2.50 bits per heavy atom. The summed E-state index contributed by atoms with van der Waals surface area (Å²) in [6.07, 6.45) is 0. The minimum absolute atomic E-state index is 0.128. The van der Waals surface area contributed by atoms with Gasteiger partial charge in [-0.2, -0.15) is 0 Å². The Morgan fingerprint density at radius 2 is 1.81 bits per heavy atom. The molecule has 0 saturated heterocycles. The lowest BCUT2D eigenvalue weighted by molar-refractivity contribution is -0.113. The second-order valence-corrected chi connectivity index (χ2v) is 8.85. The predicted molar refractivity (Wildman–Crippen MR) is 128 cm³/mol. The Kier molecular flexibility index (Phi) is 7.92. The maximum atomic E-state index is 12.4. The number of halogens is 1. The first-order valence-electron chi connectivity index (χ1n) is 9.79. The van der Waals surface area contributed by atoms with Crippen molar-refractivity contribution < 1.29 is 14.3 Å². The van der Waals surface area contributed by atoms with E-state index in [4.69, 9.17) is 4.74 Å². The molecular formula is C22H24BrN5O3S. The lowest BCUT2D eigenvalue weighted by Crippen LogP contribution is -2.24. The van der Waals surface area contributed by atoms with Crippen molar-refractivity contribution in [3.63, 3.8) is 0 Å². The van der Waals surface area contributed by atoms with E-state index in [9.17, 15) is 9.59 Å². The number of aromatic nitrogens is 3. The monoisotopic (exact) mass is 517 g/mol. The van der Waals surface area contributed by atoms with Crippen LogP contribution in [-0.2, 0) is 18.4 Å². The zero-order valence-electron chi connectivity index (χ0n) is 18.2. The molecule has 10 heteroatoms. The zero-order valence-corrected chi connectivity index (χ0v) is 20.6. The van der Waals surface area contributed by atoms with E-state index >= 15 is 0 Å². The van der Waals surface area contributed by atoms with Gasteiger partial charge < -0.3 is 19.9 Å². The molecule has 3 rings (SSSR count). The third-order valence-electron chi connectivity index (χ3n) is 5.01. The van der Waals surface area contributed by atoms with Gasteiger partial charge in [0.05, 0.1) is 19.4 Å². The molecule has 0 unspecified atom stereocenters. The van der Waals surface area contributed by atoms with Crippen molar-refractivity contribution in [2.24, 2.45) is 7.05 Å². The second kappa shape index (κ2) is 10.6. The molecule has 0 atom stereocenters. The highest BCUT2D eigenvalue weighted by Gasteiger charge is 2.14. The fraction of sp³-hybridized carbons (Fsp3) is 0.273. The first-order chi connectivity index (χ1) is 15.3. The molecule has 3 aromatic rings. The van der Waals surface area contributed by atoms with Crippen LogP contribution in [0, 0.1) is 13.8 Å². The number of benzene rings is 2. The van der Waals surface area contributed by atoms with Gasteiger partial charge in [-0.3, -0.25) is 9.59 Å². The molecule has 0 aliphatic rings. The van der Waals surface area contributed by atoms with E-state index in [1.54, 1.807) is 43.0 Å². The molecule has 0 aliphatic carbocycles. The lowest BCUT2D eigenvalue weighted by atomic mass is 10.1. The Morgan fingerprint density at radius 1 is 1.09 bits per heavy atom.